The second-order valence-electron chi connectivity index (χ2n) is 8.05. The highest BCUT2D eigenvalue weighted by molar-refractivity contribution is 6.21. The average Bonchev–Trinajstić information content (AvgIpc) is 3.47. The topological polar surface area (TPSA) is 95.8 Å². The van der Waals surface area contributed by atoms with Gasteiger partial charge < -0.3 is 14.2 Å². The van der Waals surface area contributed by atoms with Crippen LogP contribution in [0.2, 0.25) is 0 Å². The quantitative estimate of drug-likeness (QED) is 0.303. The van der Waals surface area contributed by atoms with E-state index in [-0.39, 0.29) is 37.6 Å². The summed E-state index contributed by atoms with van der Waals surface area (Å²) in [6, 6.07) is 21.2. The molecule has 0 bridgehead atoms. The summed E-state index contributed by atoms with van der Waals surface area (Å²) in [5.74, 6) is 1.12. The zero-order valence-electron chi connectivity index (χ0n) is 20.0. The van der Waals surface area contributed by atoms with Gasteiger partial charge in [0.2, 0.25) is 0 Å². The van der Waals surface area contributed by atoms with Crippen LogP contribution in [0.15, 0.2) is 72.8 Å². The lowest BCUT2D eigenvalue weighted by Crippen LogP contribution is -2.33. The number of alkyl halides is 1. The van der Waals surface area contributed by atoms with E-state index in [1.807, 2.05) is 12.1 Å². The largest absolute Gasteiger partial charge is 0.497 e. The second kappa shape index (κ2) is 10.5. The van der Waals surface area contributed by atoms with Gasteiger partial charge in [-0.1, -0.05) is 12.1 Å². The van der Waals surface area contributed by atoms with Crippen molar-refractivity contribution in [2.75, 3.05) is 33.5 Å². The Bertz CT molecular complexity index is 1380. The van der Waals surface area contributed by atoms with Gasteiger partial charge in [-0.2, -0.15) is 4.98 Å². The number of rotatable bonds is 10. The van der Waals surface area contributed by atoms with E-state index in [0.717, 1.165) is 11.3 Å². The molecule has 2 amide bonds. The predicted molar refractivity (Wildman–Crippen MR) is 132 cm³/mol. The van der Waals surface area contributed by atoms with Crippen molar-refractivity contribution < 1.29 is 28.2 Å². The van der Waals surface area contributed by atoms with E-state index >= 15 is 0 Å². The van der Waals surface area contributed by atoms with Crippen molar-refractivity contribution in [2.24, 2.45) is 0 Å². The summed E-state index contributed by atoms with van der Waals surface area (Å²) >= 11 is 0. The van der Waals surface area contributed by atoms with Crippen molar-refractivity contribution in [3.05, 3.63) is 83.9 Å². The third kappa shape index (κ3) is 4.86. The fraction of sp³-hybridized carbons (Fsp3) is 0.185. The maximum atomic E-state index is 12.6. The zero-order valence-corrected chi connectivity index (χ0v) is 20.0. The van der Waals surface area contributed by atoms with Crippen molar-refractivity contribution in [3.8, 4) is 34.6 Å². The Labute approximate surface area is 212 Å². The number of fused-ring (bicyclic) bond motifs is 1. The SMILES string of the molecule is COc1ccc(-n2nc(OCCF)nc2-c2ccc(OCCN3C(=O)c4ccccc4C3=O)cc2)cc1. The normalized spacial score (nSPS) is 12.5. The van der Waals surface area contributed by atoms with Gasteiger partial charge in [0, 0.05) is 5.56 Å². The lowest BCUT2D eigenvalue weighted by Gasteiger charge is -2.14. The monoisotopic (exact) mass is 502 g/mol. The molecule has 0 fully saturated rings. The summed E-state index contributed by atoms with van der Waals surface area (Å²) in [5, 5.41) is 4.37. The van der Waals surface area contributed by atoms with Crippen LogP contribution in [0.4, 0.5) is 4.39 Å². The van der Waals surface area contributed by atoms with Crippen LogP contribution in [0.5, 0.6) is 17.5 Å². The van der Waals surface area contributed by atoms with Gasteiger partial charge in [0.1, 0.15) is 31.4 Å². The number of ether oxygens (including phenoxy) is 3. The predicted octanol–water partition coefficient (Wildman–Crippen LogP) is 3.97. The van der Waals surface area contributed by atoms with E-state index in [0.29, 0.717) is 28.5 Å². The number of halogens is 1. The molecule has 0 N–H and O–H groups in total. The van der Waals surface area contributed by atoms with Crippen LogP contribution in [0.1, 0.15) is 20.7 Å². The number of hydrogen-bond donors (Lipinski definition) is 0. The van der Waals surface area contributed by atoms with Gasteiger partial charge in [0.25, 0.3) is 11.8 Å². The second-order valence-corrected chi connectivity index (χ2v) is 8.05. The highest BCUT2D eigenvalue weighted by Gasteiger charge is 2.34. The number of methoxy groups -OCH3 is 1. The van der Waals surface area contributed by atoms with Gasteiger partial charge in [0.05, 0.1) is 30.5 Å². The fourth-order valence-electron chi connectivity index (χ4n) is 3.97. The van der Waals surface area contributed by atoms with E-state index in [1.165, 1.54) is 4.90 Å². The number of amides is 2. The number of aromatic nitrogens is 3. The third-order valence-corrected chi connectivity index (χ3v) is 5.79. The highest BCUT2D eigenvalue weighted by atomic mass is 19.1. The van der Waals surface area contributed by atoms with Gasteiger partial charge >= 0.3 is 6.01 Å². The molecule has 0 saturated carbocycles. The number of hydrogen-bond acceptors (Lipinski definition) is 7. The van der Waals surface area contributed by atoms with Crippen molar-refractivity contribution in [1.82, 2.24) is 19.7 Å². The summed E-state index contributed by atoms with van der Waals surface area (Å²) in [4.78, 5) is 30.6. The lowest BCUT2D eigenvalue weighted by molar-refractivity contribution is 0.0631. The van der Waals surface area contributed by atoms with Gasteiger partial charge in [0.15, 0.2) is 5.82 Å². The Hall–Kier alpha value is -4.73. The molecule has 188 valence electrons. The Kier molecular flexibility index (Phi) is 6.80. The van der Waals surface area contributed by atoms with E-state index in [9.17, 15) is 14.0 Å². The molecule has 0 aliphatic carbocycles. The zero-order chi connectivity index (χ0) is 25.8. The van der Waals surface area contributed by atoms with Crippen molar-refractivity contribution in [2.45, 2.75) is 0 Å². The maximum Gasteiger partial charge on any atom is 0.336 e. The first-order valence-electron chi connectivity index (χ1n) is 11.6. The molecule has 1 aromatic heterocycles. The Balaban J connectivity index is 1.29. The fourth-order valence-corrected chi connectivity index (χ4v) is 3.97. The summed E-state index contributed by atoms with van der Waals surface area (Å²) in [6.45, 7) is -0.520. The first-order chi connectivity index (χ1) is 18.1. The van der Waals surface area contributed by atoms with Crippen molar-refractivity contribution in [3.63, 3.8) is 0 Å². The van der Waals surface area contributed by atoms with Crippen LogP contribution in [-0.2, 0) is 0 Å². The molecule has 9 nitrogen and oxygen atoms in total. The molecule has 5 rings (SSSR count). The minimum atomic E-state index is -0.654. The molecule has 0 radical (unpaired) electrons. The van der Waals surface area contributed by atoms with Crippen LogP contribution >= 0.6 is 0 Å². The molecule has 1 aliphatic heterocycles. The molecule has 0 spiro atoms. The molecule has 1 aliphatic rings. The minimum Gasteiger partial charge on any atom is -0.497 e. The van der Waals surface area contributed by atoms with E-state index in [2.05, 4.69) is 10.1 Å². The van der Waals surface area contributed by atoms with Crippen LogP contribution in [0.3, 0.4) is 0 Å². The molecule has 0 saturated heterocycles. The van der Waals surface area contributed by atoms with Crippen LogP contribution in [0, 0.1) is 0 Å². The molecule has 37 heavy (non-hydrogen) atoms. The number of benzene rings is 3. The van der Waals surface area contributed by atoms with Crippen molar-refractivity contribution >= 4 is 11.8 Å². The Morgan fingerprint density at radius 1 is 0.811 bits per heavy atom. The minimum absolute atomic E-state index is 0.0599. The first kappa shape index (κ1) is 24.0. The summed E-state index contributed by atoms with van der Waals surface area (Å²) in [5.41, 5.74) is 2.27. The lowest BCUT2D eigenvalue weighted by atomic mass is 10.1. The average molecular weight is 503 g/mol. The van der Waals surface area contributed by atoms with E-state index in [1.54, 1.807) is 72.5 Å². The Morgan fingerprint density at radius 3 is 2.08 bits per heavy atom. The van der Waals surface area contributed by atoms with Gasteiger partial charge in [-0.05, 0) is 60.7 Å². The molecule has 0 atom stereocenters. The third-order valence-electron chi connectivity index (χ3n) is 5.79. The number of nitrogens with zero attached hydrogens (tertiary/aromatic N) is 4. The maximum absolute atomic E-state index is 12.6. The van der Waals surface area contributed by atoms with Gasteiger partial charge in [-0.3, -0.25) is 14.5 Å². The van der Waals surface area contributed by atoms with E-state index in [4.69, 9.17) is 14.2 Å². The molecular weight excluding hydrogens is 479 g/mol. The molecule has 3 aromatic carbocycles. The number of carbonyl (C=O) groups is 2. The summed E-state index contributed by atoms with van der Waals surface area (Å²) in [6.07, 6.45) is 0. The molecule has 4 aromatic rings. The number of carbonyl (C=O) groups excluding carboxylic acids is 2. The van der Waals surface area contributed by atoms with Crippen molar-refractivity contribution in [1.29, 1.82) is 0 Å². The highest BCUT2D eigenvalue weighted by Crippen LogP contribution is 2.27. The number of imide groups is 1. The molecule has 2 heterocycles. The van der Waals surface area contributed by atoms with Crippen LogP contribution < -0.4 is 14.2 Å². The standard InChI is InChI=1S/C27H23FN4O5/c1-35-20-12-8-19(9-13-20)32-24(29-27(30-32)37-16-14-28)18-6-10-21(11-7-18)36-17-15-31-25(33)22-4-2-3-5-23(22)26(31)34/h2-13H,14-17H2,1H3. The van der Waals surface area contributed by atoms with Gasteiger partial charge in [-0.15, -0.1) is 5.10 Å². The Morgan fingerprint density at radius 2 is 1.46 bits per heavy atom. The van der Waals surface area contributed by atoms with Crippen LogP contribution in [-0.4, -0.2) is 65.0 Å². The molecule has 0 unspecified atom stereocenters. The molecule has 10 heteroatoms. The summed E-state index contributed by atoms with van der Waals surface area (Å²) < 4.78 is 30.5. The van der Waals surface area contributed by atoms with Gasteiger partial charge in [-0.25, -0.2) is 9.07 Å². The van der Waals surface area contributed by atoms with Crippen LogP contribution in [0.25, 0.3) is 17.1 Å². The molecular formula is C27H23FN4O5. The smallest absolute Gasteiger partial charge is 0.336 e. The first-order valence-corrected chi connectivity index (χ1v) is 11.6. The van der Waals surface area contributed by atoms with E-state index < -0.39 is 6.67 Å². The summed E-state index contributed by atoms with van der Waals surface area (Å²) in [7, 11) is 1.59.